The fourth-order valence-electron chi connectivity index (χ4n) is 2.73. The quantitative estimate of drug-likeness (QED) is 0.294. The van der Waals surface area contributed by atoms with Crippen LogP contribution in [0.5, 0.6) is 0 Å². The number of unbranched alkanes of at least 4 members (excludes halogenated alkanes) is 9. The minimum Gasteiger partial charge on any atom is -0.0853 e. The Balaban J connectivity index is 1.72. The average molecular weight is 235 g/mol. The Morgan fingerprint density at radius 2 is 1.41 bits per heavy atom. The zero-order chi connectivity index (χ0) is 12.2. The third-order valence-electron chi connectivity index (χ3n) is 3.88. The molecular weight excluding hydrogens is 204 g/mol. The van der Waals surface area contributed by atoms with E-state index >= 15 is 0 Å². The van der Waals surface area contributed by atoms with Gasteiger partial charge < -0.3 is 0 Å². The van der Waals surface area contributed by atoms with Crippen molar-refractivity contribution in [3.8, 4) is 0 Å². The van der Waals surface area contributed by atoms with E-state index in [4.69, 9.17) is 0 Å². The molecule has 1 rings (SSSR count). The Bertz CT molecular complexity index is 190. The Hall–Kier alpha value is -0.260. The highest BCUT2D eigenvalue weighted by atomic mass is 14.1. The van der Waals surface area contributed by atoms with Crippen LogP contribution in [0.1, 0.15) is 89.9 Å². The molecule has 0 unspecified atom stereocenters. The average Bonchev–Trinajstić information content (AvgIpc) is 2.85. The number of hydrogen-bond donors (Lipinski definition) is 0. The maximum Gasteiger partial charge on any atom is -0.0317 e. The van der Waals surface area contributed by atoms with Crippen molar-refractivity contribution in [1.82, 2.24) is 0 Å². The molecule has 0 aromatic heterocycles. The molecule has 0 nitrogen and oxygen atoms in total. The van der Waals surface area contributed by atoms with Gasteiger partial charge in [0.15, 0.2) is 0 Å². The lowest BCUT2D eigenvalue weighted by Crippen LogP contribution is -1.83. The first-order valence-electron chi connectivity index (χ1n) is 7.90. The van der Waals surface area contributed by atoms with Crippen LogP contribution in [-0.2, 0) is 0 Å². The second-order valence-electron chi connectivity index (χ2n) is 5.54. The molecule has 0 bridgehead atoms. The predicted molar refractivity (Wildman–Crippen MR) is 78.1 cm³/mol. The van der Waals surface area contributed by atoms with E-state index < -0.39 is 0 Å². The molecule has 0 heterocycles. The first-order valence-corrected chi connectivity index (χ1v) is 7.90. The van der Waals surface area contributed by atoms with Crippen molar-refractivity contribution in [3.05, 3.63) is 18.6 Å². The van der Waals surface area contributed by atoms with Gasteiger partial charge in [-0.15, -0.1) is 0 Å². The summed E-state index contributed by atoms with van der Waals surface area (Å²) < 4.78 is 0. The minimum absolute atomic E-state index is 1.12. The second kappa shape index (κ2) is 10.9. The summed E-state index contributed by atoms with van der Waals surface area (Å²) in [5.41, 5.74) is 1.75. The van der Waals surface area contributed by atoms with Gasteiger partial charge in [-0.1, -0.05) is 76.4 Å². The summed E-state index contributed by atoms with van der Waals surface area (Å²) in [4.78, 5) is 0. The van der Waals surface area contributed by atoms with Crippen molar-refractivity contribution in [2.45, 2.75) is 89.9 Å². The third kappa shape index (κ3) is 8.46. The zero-order valence-corrected chi connectivity index (χ0v) is 11.7. The van der Waals surface area contributed by atoms with Crippen LogP contribution in [0.2, 0.25) is 0 Å². The highest BCUT2D eigenvalue weighted by Gasteiger charge is 2.03. The van der Waals surface area contributed by atoms with Crippen LogP contribution in [-0.4, -0.2) is 0 Å². The van der Waals surface area contributed by atoms with Gasteiger partial charge in [-0.3, -0.25) is 0 Å². The molecule has 0 aromatic carbocycles. The topological polar surface area (TPSA) is 0 Å². The SMILES string of the molecule is [CH2]CCCCCCCCCCCC1=CCCC1. The van der Waals surface area contributed by atoms with Gasteiger partial charge in [-0.05, 0) is 32.1 Å². The molecule has 1 aliphatic rings. The van der Waals surface area contributed by atoms with Gasteiger partial charge in [0.25, 0.3) is 0 Å². The largest absolute Gasteiger partial charge is 0.0853 e. The lowest BCUT2D eigenvalue weighted by molar-refractivity contribution is 0.558. The fourth-order valence-corrected chi connectivity index (χ4v) is 2.73. The van der Waals surface area contributed by atoms with Gasteiger partial charge in [0, 0.05) is 0 Å². The molecule has 0 N–H and O–H groups in total. The third-order valence-corrected chi connectivity index (χ3v) is 3.88. The van der Waals surface area contributed by atoms with Crippen molar-refractivity contribution in [1.29, 1.82) is 0 Å². The van der Waals surface area contributed by atoms with Crippen LogP contribution in [0.25, 0.3) is 0 Å². The van der Waals surface area contributed by atoms with E-state index in [-0.39, 0.29) is 0 Å². The second-order valence-corrected chi connectivity index (χ2v) is 5.54. The minimum atomic E-state index is 1.12. The highest BCUT2D eigenvalue weighted by Crippen LogP contribution is 2.23. The summed E-state index contributed by atoms with van der Waals surface area (Å²) in [6.45, 7) is 3.88. The van der Waals surface area contributed by atoms with Crippen LogP contribution in [0.4, 0.5) is 0 Å². The lowest BCUT2D eigenvalue weighted by Gasteiger charge is -2.03. The molecule has 17 heavy (non-hydrogen) atoms. The van der Waals surface area contributed by atoms with Gasteiger partial charge in [-0.2, -0.15) is 0 Å². The number of hydrogen-bond acceptors (Lipinski definition) is 0. The molecule has 0 aliphatic heterocycles. The number of rotatable bonds is 11. The lowest BCUT2D eigenvalue weighted by atomic mass is 10.0. The fraction of sp³-hybridized carbons (Fsp3) is 0.824. The van der Waals surface area contributed by atoms with Crippen LogP contribution in [0.15, 0.2) is 11.6 Å². The summed E-state index contributed by atoms with van der Waals surface area (Å²) in [5.74, 6) is 0. The van der Waals surface area contributed by atoms with Gasteiger partial charge in [0.1, 0.15) is 0 Å². The number of allylic oxidation sites excluding steroid dienone is 2. The smallest absolute Gasteiger partial charge is 0.0317 e. The Morgan fingerprint density at radius 3 is 1.94 bits per heavy atom. The normalized spacial score (nSPS) is 15.2. The van der Waals surface area contributed by atoms with E-state index in [2.05, 4.69) is 13.0 Å². The van der Waals surface area contributed by atoms with Crippen LogP contribution >= 0.6 is 0 Å². The standard InChI is InChI=1S/C17H31/c1-2-3-4-5-6-7-8-9-10-11-14-17-15-12-13-16-17/h15H,1-14,16H2. The van der Waals surface area contributed by atoms with E-state index in [0.717, 1.165) is 6.42 Å². The van der Waals surface area contributed by atoms with Crippen molar-refractivity contribution in [2.24, 2.45) is 0 Å². The first kappa shape index (κ1) is 14.8. The van der Waals surface area contributed by atoms with E-state index in [1.54, 1.807) is 5.57 Å². The molecule has 99 valence electrons. The molecule has 1 aliphatic carbocycles. The molecular formula is C17H31. The van der Waals surface area contributed by atoms with Gasteiger partial charge >= 0.3 is 0 Å². The summed E-state index contributed by atoms with van der Waals surface area (Å²) in [6, 6.07) is 0. The molecule has 0 heteroatoms. The van der Waals surface area contributed by atoms with E-state index in [1.807, 2.05) is 0 Å². The molecule has 1 radical (unpaired) electrons. The highest BCUT2D eigenvalue weighted by molar-refractivity contribution is 5.06. The van der Waals surface area contributed by atoms with Crippen LogP contribution in [0, 0.1) is 6.92 Å². The summed E-state index contributed by atoms with van der Waals surface area (Å²) >= 11 is 0. The summed E-state index contributed by atoms with van der Waals surface area (Å²) in [5, 5.41) is 0. The van der Waals surface area contributed by atoms with Crippen molar-refractivity contribution in [2.75, 3.05) is 0 Å². The molecule has 0 aromatic rings. The zero-order valence-electron chi connectivity index (χ0n) is 11.7. The van der Waals surface area contributed by atoms with Crippen molar-refractivity contribution in [3.63, 3.8) is 0 Å². The molecule has 0 fully saturated rings. The monoisotopic (exact) mass is 235 g/mol. The van der Waals surface area contributed by atoms with Gasteiger partial charge in [0.05, 0.1) is 0 Å². The molecule has 0 amide bonds. The van der Waals surface area contributed by atoms with E-state index in [1.165, 1.54) is 83.5 Å². The Morgan fingerprint density at radius 1 is 0.824 bits per heavy atom. The van der Waals surface area contributed by atoms with E-state index in [9.17, 15) is 0 Å². The van der Waals surface area contributed by atoms with E-state index in [0.29, 0.717) is 0 Å². The summed E-state index contributed by atoms with van der Waals surface area (Å²) in [6.07, 6.45) is 22.0. The molecule has 0 spiro atoms. The van der Waals surface area contributed by atoms with Gasteiger partial charge in [0.2, 0.25) is 0 Å². The molecule has 0 saturated heterocycles. The molecule has 0 saturated carbocycles. The van der Waals surface area contributed by atoms with Crippen molar-refractivity contribution < 1.29 is 0 Å². The maximum absolute atomic E-state index is 3.88. The Kier molecular flexibility index (Phi) is 9.46. The summed E-state index contributed by atoms with van der Waals surface area (Å²) in [7, 11) is 0. The van der Waals surface area contributed by atoms with Crippen molar-refractivity contribution >= 4 is 0 Å². The van der Waals surface area contributed by atoms with Gasteiger partial charge in [-0.25, -0.2) is 0 Å². The predicted octanol–water partition coefficient (Wildman–Crippen LogP) is 6.22. The maximum atomic E-state index is 3.88. The van der Waals surface area contributed by atoms with Crippen LogP contribution < -0.4 is 0 Å². The Labute approximate surface area is 109 Å². The van der Waals surface area contributed by atoms with Crippen LogP contribution in [0.3, 0.4) is 0 Å². The molecule has 0 atom stereocenters. The first-order chi connectivity index (χ1) is 8.43.